The van der Waals surface area contributed by atoms with Crippen molar-refractivity contribution in [3.05, 3.63) is 29.8 Å². The number of hydrogen-bond acceptors (Lipinski definition) is 3. The predicted molar refractivity (Wildman–Crippen MR) is 73.8 cm³/mol. The summed E-state index contributed by atoms with van der Waals surface area (Å²) < 4.78 is 5.27. The van der Waals surface area contributed by atoms with E-state index < -0.39 is 0 Å². The van der Waals surface area contributed by atoms with Crippen LogP contribution >= 0.6 is 0 Å². The van der Waals surface area contributed by atoms with Crippen molar-refractivity contribution in [2.45, 2.75) is 20.3 Å². The maximum absolute atomic E-state index is 11.6. The van der Waals surface area contributed by atoms with Crippen molar-refractivity contribution in [1.82, 2.24) is 5.32 Å². The number of carbonyl (C=O) groups excluding carboxylic acids is 1. The lowest BCUT2D eigenvalue weighted by Gasteiger charge is -2.07. The number of ether oxygens (including phenoxy) is 1. The van der Waals surface area contributed by atoms with Crippen molar-refractivity contribution in [1.29, 1.82) is 0 Å². The van der Waals surface area contributed by atoms with Crippen LogP contribution in [0.3, 0.4) is 0 Å². The Morgan fingerprint density at radius 2 is 2.17 bits per heavy atom. The molecule has 0 saturated heterocycles. The second kappa shape index (κ2) is 8.66. The standard InChI is InChI=1S/C14H22N2O2/c1-3-7-15-8-9-18-11-14(17)16-13-6-4-5-12(2)10-13/h4-6,10,15H,3,7-9,11H2,1-2H3,(H,16,17). The summed E-state index contributed by atoms with van der Waals surface area (Å²) in [6, 6.07) is 7.71. The van der Waals surface area contributed by atoms with Gasteiger partial charge in [0.2, 0.25) is 5.91 Å². The molecular weight excluding hydrogens is 228 g/mol. The molecule has 0 unspecified atom stereocenters. The highest BCUT2D eigenvalue weighted by Crippen LogP contribution is 2.08. The molecule has 0 aliphatic rings. The van der Waals surface area contributed by atoms with Gasteiger partial charge in [-0.05, 0) is 37.6 Å². The van der Waals surface area contributed by atoms with Gasteiger partial charge in [0.1, 0.15) is 6.61 Å². The van der Waals surface area contributed by atoms with Gasteiger partial charge >= 0.3 is 0 Å². The number of hydrogen-bond donors (Lipinski definition) is 2. The van der Waals surface area contributed by atoms with Crippen LogP contribution in [0.25, 0.3) is 0 Å². The predicted octanol–water partition coefficient (Wildman–Crippen LogP) is 1.95. The first-order valence-electron chi connectivity index (χ1n) is 6.37. The molecule has 0 atom stereocenters. The summed E-state index contributed by atoms with van der Waals surface area (Å²) in [5.41, 5.74) is 1.94. The van der Waals surface area contributed by atoms with Gasteiger partial charge in [-0.1, -0.05) is 19.1 Å². The van der Waals surface area contributed by atoms with Gasteiger partial charge in [0.15, 0.2) is 0 Å². The van der Waals surface area contributed by atoms with Crippen molar-refractivity contribution < 1.29 is 9.53 Å². The van der Waals surface area contributed by atoms with Crippen molar-refractivity contribution in [3.63, 3.8) is 0 Å². The van der Waals surface area contributed by atoms with Crippen molar-refractivity contribution in [3.8, 4) is 0 Å². The van der Waals surface area contributed by atoms with Gasteiger partial charge < -0.3 is 15.4 Å². The van der Waals surface area contributed by atoms with E-state index in [2.05, 4.69) is 17.6 Å². The van der Waals surface area contributed by atoms with Crippen LogP contribution < -0.4 is 10.6 Å². The minimum atomic E-state index is -0.115. The van der Waals surface area contributed by atoms with Crippen LogP contribution in [0.4, 0.5) is 5.69 Å². The Hall–Kier alpha value is -1.39. The molecule has 0 bridgehead atoms. The maximum atomic E-state index is 11.6. The van der Waals surface area contributed by atoms with E-state index in [0.717, 1.165) is 30.8 Å². The normalized spacial score (nSPS) is 10.3. The molecule has 1 rings (SSSR count). The third-order valence-electron chi connectivity index (χ3n) is 2.38. The van der Waals surface area contributed by atoms with Crippen LogP contribution in [0.1, 0.15) is 18.9 Å². The zero-order valence-electron chi connectivity index (χ0n) is 11.2. The first-order chi connectivity index (χ1) is 8.72. The monoisotopic (exact) mass is 250 g/mol. The Balaban J connectivity index is 2.14. The minimum absolute atomic E-state index is 0.0990. The molecule has 2 N–H and O–H groups in total. The molecule has 0 fully saturated rings. The number of rotatable bonds is 8. The summed E-state index contributed by atoms with van der Waals surface area (Å²) in [6.45, 7) is 6.53. The van der Waals surface area contributed by atoms with E-state index in [0.29, 0.717) is 6.61 Å². The molecule has 1 amide bonds. The first-order valence-corrected chi connectivity index (χ1v) is 6.37. The molecule has 100 valence electrons. The molecule has 1 aromatic rings. The highest BCUT2D eigenvalue weighted by Gasteiger charge is 2.02. The molecule has 4 heteroatoms. The van der Waals surface area contributed by atoms with E-state index in [-0.39, 0.29) is 12.5 Å². The Morgan fingerprint density at radius 3 is 2.89 bits per heavy atom. The van der Waals surface area contributed by atoms with Gasteiger partial charge in [-0.25, -0.2) is 0 Å². The van der Waals surface area contributed by atoms with Crippen LogP contribution in [0, 0.1) is 6.92 Å². The molecule has 18 heavy (non-hydrogen) atoms. The Kier molecular flexibility index (Phi) is 7.06. The van der Waals surface area contributed by atoms with E-state index in [9.17, 15) is 4.79 Å². The average molecular weight is 250 g/mol. The second-order valence-electron chi connectivity index (χ2n) is 4.22. The summed E-state index contributed by atoms with van der Waals surface area (Å²) in [5.74, 6) is -0.115. The zero-order valence-corrected chi connectivity index (χ0v) is 11.2. The van der Waals surface area contributed by atoms with Crippen molar-refractivity contribution in [2.75, 3.05) is 31.6 Å². The smallest absolute Gasteiger partial charge is 0.250 e. The molecule has 4 nitrogen and oxygen atoms in total. The number of anilines is 1. The fourth-order valence-electron chi connectivity index (χ4n) is 1.53. The van der Waals surface area contributed by atoms with E-state index >= 15 is 0 Å². The Morgan fingerprint density at radius 1 is 1.33 bits per heavy atom. The Bertz CT molecular complexity index is 367. The van der Waals surface area contributed by atoms with Crippen LogP contribution in [-0.4, -0.2) is 32.2 Å². The summed E-state index contributed by atoms with van der Waals surface area (Å²) in [5, 5.41) is 6.01. The highest BCUT2D eigenvalue weighted by molar-refractivity contribution is 5.91. The molecular formula is C14H22N2O2. The van der Waals surface area contributed by atoms with Gasteiger partial charge in [-0.2, -0.15) is 0 Å². The summed E-state index contributed by atoms with van der Waals surface area (Å²) in [6.07, 6.45) is 1.11. The van der Waals surface area contributed by atoms with E-state index in [4.69, 9.17) is 4.74 Å². The van der Waals surface area contributed by atoms with Gasteiger partial charge in [-0.15, -0.1) is 0 Å². The molecule has 0 spiro atoms. The maximum Gasteiger partial charge on any atom is 0.250 e. The van der Waals surface area contributed by atoms with Gasteiger partial charge in [-0.3, -0.25) is 4.79 Å². The summed E-state index contributed by atoms with van der Waals surface area (Å²) in [7, 11) is 0. The zero-order chi connectivity index (χ0) is 13.2. The third-order valence-corrected chi connectivity index (χ3v) is 2.38. The van der Waals surface area contributed by atoms with Crippen LogP contribution in [0.5, 0.6) is 0 Å². The lowest BCUT2D eigenvalue weighted by Crippen LogP contribution is -2.24. The fraction of sp³-hybridized carbons (Fsp3) is 0.500. The second-order valence-corrected chi connectivity index (χ2v) is 4.22. The molecule has 1 aromatic carbocycles. The van der Waals surface area contributed by atoms with Crippen molar-refractivity contribution in [2.24, 2.45) is 0 Å². The van der Waals surface area contributed by atoms with Gasteiger partial charge in [0.05, 0.1) is 6.61 Å². The molecule has 0 aliphatic heterocycles. The largest absolute Gasteiger partial charge is 0.370 e. The topological polar surface area (TPSA) is 50.4 Å². The summed E-state index contributed by atoms with van der Waals surface area (Å²) in [4.78, 5) is 11.6. The van der Waals surface area contributed by atoms with Gasteiger partial charge in [0.25, 0.3) is 0 Å². The number of aryl methyl sites for hydroxylation is 1. The van der Waals surface area contributed by atoms with E-state index in [1.807, 2.05) is 31.2 Å². The quantitative estimate of drug-likeness (QED) is 0.693. The lowest BCUT2D eigenvalue weighted by atomic mass is 10.2. The van der Waals surface area contributed by atoms with E-state index in [1.165, 1.54) is 0 Å². The van der Waals surface area contributed by atoms with Gasteiger partial charge in [0, 0.05) is 12.2 Å². The molecule has 0 radical (unpaired) electrons. The highest BCUT2D eigenvalue weighted by atomic mass is 16.5. The third kappa shape index (κ3) is 6.37. The van der Waals surface area contributed by atoms with Crippen molar-refractivity contribution >= 4 is 11.6 Å². The first kappa shape index (κ1) is 14.7. The number of carbonyl (C=O) groups is 1. The average Bonchev–Trinajstić information content (AvgIpc) is 2.33. The number of amides is 1. The van der Waals surface area contributed by atoms with Crippen LogP contribution in [0.2, 0.25) is 0 Å². The molecule has 0 aliphatic carbocycles. The SMILES string of the molecule is CCCNCCOCC(=O)Nc1cccc(C)c1. The van der Waals surface area contributed by atoms with Crippen LogP contribution in [0.15, 0.2) is 24.3 Å². The number of nitrogens with one attached hydrogen (secondary N) is 2. The lowest BCUT2D eigenvalue weighted by molar-refractivity contribution is -0.120. The fourth-order valence-corrected chi connectivity index (χ4v) is 1.53. The molecule has 0 aromatic heterocycles. The summed E-state index contributed by atoms with van der Waals surface area (Å²) >= 11 is 0. The van der Waals surface area contributed by atoms with Crippen LogP contribution in [-0.2, 0) is 9.53 Å². The van der Waals surface area contributed by atoms with E-state index in [1.54, 1.807) is 0 Å². The minimum Gasteiger partial charge on any atom is -0.370 e. The molecule has 0 saturated carbocycles. The molecule has 0 heterocycles. The number of benzene rings is 1. The Labute approximate surface area is 109 Å².